The number of rotatable bonds is 6. The van der Waals surface area contributed by atoms with Crippen molar-refractivity contribution < 1.29 is 22.8 Å². The summed E-state index contributed by atoms with van der Waals surface area (Å²) in [6, 6.07) is 9.90. The molecule has 1 aliphatic carbocycles. The van der Waals surface area contributed by atoms with E-state index in [1.165, 1.54) is 6.07 Å². The lowest BCUT2D eigenvalue weighted by Gasteiger charge is -2.01. The second-order valence-corrected chi connectivity index (χ2v) is 5.34. The third-order valence-corrected chi connectivity index (χ3v) is 3.85. The minimum atomic E-state index is -2.81. The van der Waals surface area contributed by atoms with E-state index >= 15 is 0 Å². The number of aromatic nitrogens is 1. The molecule has 3 rings (SSSR count). The smallest absolute Gasteiger partial charge is 0.290 e. The molecular weight excluding hydrogens is 306 g/mol. The highest BCUT2D eigenvalue weighted by atomic mass is 19.3. The molecule has 5 nitrogen and oxygen atoms in total. The fourth-order valence-electron chi connectivity index (χ4n) is 2.63. The van der Waals surface area contributed by atoms with Gasteiger partial charge in [0, 0.05) is 6.54 Å². The first-order valence-corrected chi connectivity index (χ1v) is 7.34. The number of amides is 1. The molecule has 7 heteroatoms. The summed E-state index contributed by atoms with van der Waals surface area (Å²) in [7, 11) is 0. The molecular formula is C16H16F2N2O3. The van der Waals surface area contributed by atoms with Gasteiger partial charge in [-0.05, 0) is 17.6 Å². The summed E-state index contributed by atoms with van der Waals surface area (Å²) in [6.07, 6.45) is 0. The Balaban J connectivity index is 1.59. The summed E-state index contributed by atoms with van der Waals surface area (Å²) in [5, 5.41) is 6.02. The van der Waals surface area contributed by atoms with E-state index in [2.05, 4.69) is 10.5 Å². The van der Waals surface area contributed by atoms with Gasteiger partial charge >= 0.3 is 0 Å². The van der Waals surface area contributed by atoms with E-state index in [1.54, 1.807) is 37.3 Å². The van der Waals surface area contributed by atoms with E-state index in [1.807, 2.05) is 0 Å². The molecule has 1 heterocycles. The molecule has 0 unspecified atom stereocenters. The molecule has 1 fully saturated rings. The predicted molar refractivity (Wildman–Crippen MR) is 77.6 cm³/mol. The zero-order chi connectivity index (χ0) is 16.4. The summed E-state index contributed by atoms with van der Waals surface area (Å²) < 4.78 is 37.7. The van der Waals surface area contributed by atoms with Crippen molar-refractivity contribution in [1.29, 1.82) is 0 Å². The lowest BCUT2D eigenvalue weighted by atomic mass is 10.1. The van der Waals surface area contributed by atoms with E-state index in [9.17, 15) is 13.6 Å². The fraction of sp³-hybridized carbons (Fsp3) is 0.375. The number of nitrogens with one attached hydrogen (secondary N) is 1. The van der Waals surface area contributed by atoms with E-state index in [0.717, 1.165) is 0 Å². The maximum absolute atomic E-state index is 13.9. The van der Waals surface area contributed by atoms with Gasteiger partial charge in [-0.15, -0.1) is 0 Å². The van der Waals surface area contributed by atoms with Crippen molar-refractivity contribution in [2.24, 2.45) is 5.92 Å². The van der Waals surface area contributed by atoms with Crippen LogP contribution in [0.25, 0.3) is 0 Å². The van der Waals surface area contributed by atoms with Crippen molar-refractivity contribution in [3.8, 4) is 5.88 Å². The van der Waals surface area contributed by atoms with Crippen LogP contribution in [-0.4, -0.2) is 30.1 Å². The third kappa shape index (κ3) is 3.04. The molecule has 1 aliphatic rings. The Morgan fingerprint density at radius 3 is 2.83 bits per heavy atom. The Kier molecular flexibility index (Phi) is 4.02. The summed E-state index contributed by atoms with van der Waals surface area (Å²) in [4.78, 5) is 11.9. The molecule has 0 radical (unpaired) electrons. The Labute approximate surface area is 131 Å². The van der Waals surface area contributed by atoms with Gasteiger partial charge in [-0.2, -0.15) is 0 Å². The Hall–Kier alpha value is -2.44. The van der Waals surface area contributed by atoms with Crippen LogP contribution in [0.5, 0.6) is 5.88 Å². The number of halogens is 2. The van der Waals surface area contributed by atoms with Crippen molar-refractivity contribution >= 4 is 5.91 Å². The van der Waals surface area contributed by atoms with Crippen molar-refractivity contribution in [3.05, 3.63) is 47.7 Å². The highest BCUT2D eigenvalue weighted by Crippen LogP contribution is 2.61. The van der Waals surface area contributed by atoms with Crippen LogP contribution in [0.15, 0.2) is 40.9 Å². The third-order valence-electron chi connectivity index (χ3n) is 3.85. The zero-order valence-corrected chi connectivity index (χ0v) is 12.5. The van der Waals surface area contributed by atoms with Gasteiger partial charge in [0.2, 0.25) is 5.76 Å². The summed E-state index contributed by atoms with van der Waals surface area (Å²) >= 11 is 0. The first-order valence-electron chi connectivity index (χ1n) is 7.34. The number of benzene rings is 1. The van der Waals surface area contributed by atoms with Gasteiger partial charge < -0.3 is 14.6 Å². The van der Waals surface area contributed by atoms with Crippen molar-refractivity contribution in [3.63, 3.8) is 0 Å². The lowest BCUT2D eigenvalue weighted by Crippen LogP contribution is -2.26. The van der Waals surface area contributed by atoms with E-state index in [4.69, 9.17) is 9.26 Å². The predicted octanol–water partition coefficient (Wildman–Crippen LogP) is 2.85. The second kappa shape index (κ2) is 5.98. The van der Waals surface area contributed by atoms with Crippen LogP contribution in [0, 0.1) is 5.92 Å². The van der Waals surface area contributed by atoms with Crippen molar-refractivity contribution in [2.45, 2.75) is 18.8 Å². The molecule has 0 spiro atoms. The van der Waals surface area contributed by atoms with Crippen LogP contribution in [0.1, 0.15) is 29.0 Å². The lowest BCUT2D eigenvalue weighted by molar-refractivity contribution is 0.0852. The largest absolute Gasteiger partial charge is 0.476 e. The second-order valence-electron chi connectivity index (χ2n) is 5.34. The molecule has 1 N–H and O–H groups in total. The zero-order valence-electron chi connectivity index (χ0n) is 12.5. The Morgan fingerprint density at radius 2 is 2.13 bits per heavy atom. The minimum Gasteiger partial charge on any atom is -0.476 e. The van der Waals surface area contributed by atoms with Gasteiger partial charge in [0.15, 0.2) is 0 Å². The standard InChI is InChI=1S/C16H16F2N2O3/c1-2-22-13-8-12(23-20-13)15(21)19-9-11-14(16(11,17)18)10-6-4-3-5-7-10/h3-8,11,14H,2,9H2,1H3,(H,19,21)/t11-,14-/m1/s1. The van der Waals surface area contributed by atoms with Gasteiger partial charge in [-0.25, -0.2) is 8.78 Å². The van der Waals surface area contributed by atoms with Gasteiger partial charge in [-0.1, -0.05) is 30.3 Å². The summed E-state index contributed by atoms with van der Waals surface area (Å²) in [5.41, 5.74) is 0.579. The molecule has 0 aliphatic heterocycles. The molecule has 0 bridgehead atoms. The molecule has 2 atom stereocenters. The fourth-order valence-corrected chi connectivity index (χ4v) is 2.63. The topological polar surface area (TPSA) is 64.4 Å². The Morgan fingerprint density at radius 1 is 1.39 bits per heavy atom. The van der Waals surface area contributed by atoms with E-state index < -0.39 is 23.7 Å². The van der Waals surface area contributed by atoms with Crippen molar-refractivity contribution in [2.75, 3.05) is 13.2 Å². The minimum absolute atomic E-state index is 0.0614. The van der Waals surface area contributed by atoms with Crippen LogP contribution in [-0.2, 0) is 0 Å². The summed E-state index contributed by atoms with van der Waals surface area (Å²) in [5.74, 6) is -5.05. The van der Waals surface area contributed by atoms with Crippen LogP contribution in [0.4, 0.5) is 8.78 Å². The van der Waals surface area contributed by atoms with Crippen LogP contribution in [0.3, 0.4) is 0 Å². The van der Waals surface area contributed by atoms with E-state index in [-0.39, 0.29) is 18.2 Å². The van der Waals surface area contributed by atoms with Crippen LogP contribution >= 0.6 is 0 Å². The normalized spacial score (nSPS) is 21.7. The molecule has 1 aromatic heterocycles. The number of hydrogen-bond acceptors (Lipinski definition) is 4. The van der Waals surface area contributed by atoms with Gasteiger partial charge in [0.25, 0.3) is 17.7 Å². The maximum atomic E-state index is 13.9. The number of alkyl halides is 2. The van der Waals surface area contributed by atoms with Gasteiger partial charge in [-0.3, -0.25) is 4.79 Å². The highest BCUT2D eigenvalue weighted by Gasteiger charge is 2.68. The molecule has 1 amide bonds. The van der Waals surface area contributed by atoms with Crippen LogP contribution in [0.2, 0.25) is 0 Å². The highest BCUT2D eigenvalue weighted by molar-refractivity contribution is 5.91. The average Bonchev–Trinajstić information content (AvgIpc) is 2.86. The number of hydrogen-bond donors (Lipinski definition) is 1. The van der Waals surface area contributed by atoms with Crippen LogP contribution < -0.4 is 10.1 Å². The Bertz CT molecular complexity index is 688. The number of ether oxygens (including phenoxy) is 1. The van der Waals surface area contributed by atoms with Crippen molar-refractivity contribution in [1.82, 2.24) is 10.5 Å². The van der Waals surface area contributed by atoms with Gasteiger partial charge in [0.05, 0.1) is 24.5 Å². The summed E-state index contributed by atoms with van der Waals surface area (Å²) in [6.45, 7) is 2.03. The maximum Gasteiger partial charge on any atom is 0.290 e. The monoisotopic (exact) mass is 322 g/mol. The quantitative estimate of drug-likeness (QED) is 0.888. The SMILES string of the molecule is CCOc1cc(C(=O)NC[C@@H]2[C@@H](c3ccccc3)C2(F)F)on1. The molecule has 23 heavy (non-hydrogen) atoms. The molecule has 1 saturated carbocycles. The molecule has 1 aromatic carbocycles. The number of carbonyl (C=O) groups excluding carboxylic acids is 1. The number of carbonyl (C=O) groups is 1. The molecule has 122 valence electrons. The first kappa shape index (κ1) is 15.5. The average molecular weight is 322 g/mol. The first-order chi connectivity index (χ1) is 11.0. The molecule has 0 saturated heterocycles. The van der Waals surface area contributed by atoms with E-state index in [0.29, 0.717) is 12.2 Å². The number of nitrogens with zero attached hydrogens (tertiary/aromatic N) is 1. The molecule has 2 aromatic rings. The van der Waals surface area contributed by atoms with Gasteiger partial charge in [0.1, 0.15) is 0 Å².